The molecule has 354 valence electrons. The lowest BCUT2D eigenvalue weighted by Crippen LogP contribution is -2.37. The fraction of sp³-hybridized carbons (Fsp3) is 0.863. The number of allylic oxidation sites excluding steroid dienone is 6. The number of esters is 1. The van der Waals surface area contributed by atoms with E-state index in [0.717, 1.165) is 51.4 Å². The van der Waals surface area contributed by atoms with Crippen molar-refractivity contribution >= 4 is 13.8 Å². The molecule has 2 atom stereocenters. The summed E-state index contributed by atoms with van der Waals surface area (Å²) in [5.41, 5.74) is 0. The molecule has 0 bridgehead atoms. The van der Waals surface area contributed by atoms with Gasteiger partial charge in [-0.15, -0.1) is 0 Å². The number of likely N-dealkylation sites (N-methyl/N-ethyl adjacent to an activating group) is 1. The predicted molar refractivity (Wildman–Crippen MR) is 256 cm³/mol. The molecule has 1 N–H and O–H groups in total. The fourth-order valence-corrected chi connectivity index (χ4v) is 7.77. The zero-order chi connectivity index (χ0) is 44.1. The van der Waals surface area contributed by atoms with Gasteiger partial charge in [-0.05, 0) is 51.4 Å². The molecular formula is C51H99NO7P+. The first kappa shape index (κ1) is 58.7. The Morgan fingerprint density at radius 3 is 1.40 bits per heavy atom. The number of hydrogen-bond acceptors (Lipinski definition) is 6. The van der Waals surface area contributed by atoms with E-state index >= 15 is 0 Å². The summed E-state index contributed by atoms with van der Waals surface area (Å²) in [7, 11) is 1.67. The summed E-state index contributed by atoms with van der Waals surface area (Å²) in [6.07, 6.45) is 53.2. The van der Waals surface area contributed by atoms with Gasteiger partial charge in [0.15, 0.2) is 0 Å². The van der Waals surface area contributed by atoms with Gasteiger partial charge in [0.25, 0.3) is 0 Å². The van der Waals surface area contributed by atoms with Crippen LogP contribution in [0.15, 0.2) is 36.5 Å². The van der Waals surface area contributed by atoms with Crippen LogP contribution in [0.4, 0.5) is 0 Å². The van der Waals surface area contributed by atoms with E-state index in [-0.39, 0.29) is 25.8 Å². The van der Waals surface area contributed by atoms with Gasteiger partial charge < -0.3 is 18.9 Å². The van der Waals surface area contributed by atoms with E-state index in [1.165, 1.54) is 154 Å². The Morgan fingerprint density at radius 1 is 0.517 bits per heavy atom. The number of phosphoric ester groups is 1. The highest BCUT2D eigenvalue weighted by molar-refractivity contribution is 7.47. The van der Waals surface area contributed by atoms with Gasteiger partial charge in [-0.3, -0.25) is 13.8 Å². The maximum absolute atomic E-state index is 12.7. The smallest absolute Gasteiger partial charge is 0.457 e. The monoisotopic (exact) mass is 869 g/mol. The molecule has 0 aliphatic carbocycles. The molecule has 0 radical (unpaired) electrons. The molecule has 2 unspecified atom stereocenters. The molecule has 0 spiro atoms. The molecule has 0 heterocycles. The van der Waals surface area contributed by atoms with Crippen LogP contribution in [0.5, 0.6) is 0 Å². The molecule has 0 aromatic rings. The molecule has 0 rings (SSSR count). The average Bonchev–Trinajstić information content (AvgIpc) is 3.20. The largest absolute Gasteiger partial charge is 0.472 e. The summed E-state index contributed by atoms with van der Waals surface area (Å²) in [6, 6.07) is 0. The van der Waals surface area contributed by atoms with E-state index in [4.69, 9.17) is 18.5 Å². The average molecular weight is 869 g/mol. The lowest BCUT2D eigenvalue weighted by molar-refractivity contribution is -0.870. The Kier molecular flexibility index (Phi) is 43.4. The van der Waals surface area contributed by atoms with Crippen LogP contribution in [0.2, 0.25) is 0 Å². The second kappa shape index (κ2) is 44.3. The van der Waals surface area contributed by atoms with Crippen molar-refractivity contribution in [3.63, 3.8) is 0 Å². The van der Waals surface area contributed by atoms with Crippen molar-refractivity contribution in [2.45, 2.75) is 232 Å². The van der Waals surface area contributed by atoms with Crippen molar-refractivity contribution in [2.75, 3.05) is 54.1 Å². The van der Waals surface area contributed by atoms with Crippen molar-refractivity contribution < 1.29 is 37.3 Å². The van der Waals surface area contributed by atoms with Crippen molar-refractivity contribution in [1.29, 1.82) is 0 Å². The minimum Gasteiger partial charge on any atom is -0.457 e. The summed E-state index contributed by atoms with van der Waals surface area (Å²) in [5, 5.41) is 0. The number of carbonyl (C=O) groups excluding carboxylic acids is 1. The van der Waals surface area contributed by atoms with Crippen LogP contribution in [0.3, 0.4) is 0 Å². The summed E-state index contributed by atoms with van der Waals surface area (Å²) in [5.74, 6) is -0.314. The molecule has 8 nitrogen and oxygen atoms in total. The van der Waals surface area contributed by atoms with Crippen molar-refractivity contribution in [1.82, 2.24) is 0 Å². The zero-order valence-electron chi connectivity index (χ0n) is 40.2. The van der Waals surface area contributed by atoms with Gasteiger partial charge in [-0.1, -0.05) is 204 Å². The number of rotatable bonds is 47. The molecule has 0 amide bonds. The first-order valence-corrected chi connectivity index (χ1v) is 26.7. The van der Waals surface area contributed by atoms with E-state index in [1.54, 1.807) is 0 Å². The van der Waals surface area contributed by atoms with Gasteiger partial charge in [-0.25, -0.2) is 4.57 Å². The maximum Gasteiger partial charge on any atom is 0.472 e. The van der Waals surface area contributed by atoms with Crippen LogP contribution in [0.25, 0.3) is 0 Å². The Morgan fingerprint density at radius 2 is 0.917 bits per heavy atom. The first-order valence-electron chi connectivity index (χ1n) is 25.2. The van der Waals surface area contributed by atoms with Crippen molar-refractivity contribution in [3.8, 4) is 0 Å². The van der Waals surface area contributed by atoms with Gasteiger partial charge in [0.05, 0.1) is 34.4 Å². The number of nitrogens with zero attached hydrogens (tertiary/aromatic N) is 1. The quantitative estimate of drug-likeness (QED) is 0.0214. The van der Waals surface area contributed by atoms with Crippen LogP contribution >= 0.6 is 7.82 Å². The Labute approximate surface area is 372 Å². The van der Waals surface area contributed by atoms with Crippen LogP contribution in [-0.4, -0.2) is 75.6 Å². The highest BCUT2D eigenvalue weighted by Crippen LogP contribution is 2.43. The minimum atomic E-state index is -4.28. The Hall–Kier alpha value is -1.28. The summed E-state index contributed by atoms with van der Waals surface area (Å²) in [6.45, 7) is 5.61. The predicted octanol–water partition coefficient (Wildman–Crippen LogP) is 15.3. The second-order valence-electron chi connectivity index (χ2n) is 18.2. The minimum absolute atomic E-state index is 0.0875. The zero-order valence-corrected chi connectivity index (χ0v) is 41.1. The van der Waals surface area contributed by atoms with Crippen LogP contribution in [-0.2, 0) is 27.9 Å². The third kappa shape index (κ3) is 47.8. The van der Waals surface area contributed by atoms with E-state index in [2.05, 4.69) is 50.3 Å². The topological polar surface area (TPSA) is 91.3 Å². The molecule has 0 saturated heterocycles. The second-order valence-corrected chi connectivity index (χ2v) is 19.7. The standard InChI is InChI=1S/C51H98NO7P/c1-6-8-10-12-14-16-18-20-22-24-26-27-29-31-33-35-37-39-41-43-46-56-48-50(49-58-60(54,55)57-47-45-52(3,4)5)59-51(53)44-42-40-38-36-34-32-30-28-25-23-21-19-17-15-13-11-9-7-2/h14,16,20,22,26-27,50H,6-13,15,17-19,21,23-25,28-49H2,1-5H3/p+1/b16-14-,22-20-,27-26-. The van der Waals surface area contributed by atoms with Gasteiger partial charge in [0.1, 0.15) is 19.3 Å². The van der Waals surface area contributed by atoms with Gasteiger partial charge in [-0.2, -0.15) is 0 Å². The number of unbranched alkanes of at least 4 members (excludes halogenated alkanes) is 27. The molecule has 0 saturated carbocycles. The van der Waals surface area contributed by atoms with Gasteiger partial charge >= 0.3 is 13.8 Å². The number of phosphoric acid groups is 1. The molecule has 0 fully saturated rings. The first-order chi connectivity index (χ1) is 29.1. The maximum atomic E-state index is 12.7. The van der Waals surface area contributed by atoms with E-state index in [9.17, 15) is 14.3 Å². The van der Waals surface area contributed by atoms with Crippen LogP contribution < -0.4 is 0 Å². The van der Waals surface area contributed by atoms with Gasteiger partial charge in [0, 0.05) is 13.0 Å². The number of quaternary nitrogens is 1. The SMILES string of the molecule is CCCCC/C=C\C/C=C\C/C=C\CCCCCCCCCOCC(COP(=O)(O)OCC[N+](C)(C)C)OC(=O)CCCCCCCCCCCCCCCCCCCC. The normalized spacial score (nSPS) is 13.9. The van der Waals surface area contributed by atoms with E-state index in [1.807, 2.05) is 21.1 Å². The molecule has 0 aromatic carbocycles. The summed E-state index contributed by atoms with van der Waals surface area (Å²) >= 11 is 0. The molecule has 0 aromatic heterocycles. The number of carbonyl (C=O) groups is 1. The van der Waals surface area contributed by atoms with Crippen molar-refractivity contribution in [3.05, 3.63) is 36.5 Å². The summed E-state index contributed by atoms with van der Waals surface area (Å²) < 4.78 is 35.1. The van der Waals surface area contributed by atoms with Crippen molar-refractivity contribution in [2.24, 2.45) is 0 Å². The Bertz CT molecular complexity index is 1060. The molecule has 9 heteroatoms. The number of ether oxygens (including phenoxy) is 2. The number of hydrogen-bond donors (Lipinski definition) is 1. The Balaban J connectivity index is 4.16. The molecule has 0 aliphatic rings. The van der Waals surface area contributed by atoms with Gasteiger partial charge in [0.2, 0.25) is 0 Å². The third-order valence-corrected chi connectivity index (χ3v) is 11.9. The molecule has 60 heavy (non-hydrogen) atoms. The van der Waals surface area contributed by atoms with Crippen LogP contribution in [0, 0.1) is 0 Å². The highest BCUT2D eigenvalue weighted by Gasteiger charge is 2.26. The fourth-order valence-electron chi connectivity index (χ4n) is 7.03. The van der Waals surface area contributed by atoms with E-state index < -0.39 is 13.9 Å². The third-order valence-electron chi connectivity index (χ3n) is 11.0. The van der Waals surface area contributed by atoms with Crippen LogP contribution in [0.1, 0.15) is 226 Å². The summed E-state index contributed by atoms with van der Waals surface area (Å²) in [4.78, 5) is 23.0. The lowest BCUT2D eigenvalue weighted by atomic mass is 10.0. The lowest BCUT2D eigenvalue weighted by Gasteiger charge is -2.24. The van der Waals surface area contributed by atoms with E-state index in [0.29, 0.717) is 24.1 Å². The highest BCUT2D eigenvalue weighted by atomic mass is 31.2. The molecule has 0 aliphatic heterocycles. The molecular weight excluding hydrogens is 770 g/mol.